The van der Waals surface area contributed by atoms with E-state index < -0.39 is 12.6 Å². The molecular formula is C9H9FO2. The summed E-state index contributed by atoms with van der Waals surface area (Å²) < 4.78 is 16.2. The summed E-state index contributed by atoms with van der Waals surface area (Å²) in [6.07, 6.45) is 0. The lowest BCUT2D eigenvalue weighted by atomic mass is 10.2. The molecule has 0 heterocycles. The van der Waals surface area contributed by atoms with E-state index in [0.717, 1.165) is 0 Å². The van der Waals surface area contributed by atoms with Crippen molar-refractivity contribution in [1.29, 1.82) is 0 Å². The van der Waals surface area contributed by atoms with Crippen molar-refractivity contribution in [1.82, 2.24) is 0 Å². The van der Waals surface area contributed by atoms with Crippen LogP contribution in [0.2, 0.25) is 0 Å². The molecule has 0 aromatic heterocycles. The van der Waals surface area contributed by atoms with Crippen molar-refractivity contribution in [3.05, 3.63) is 35.9 Å². The van der Waals surface area contributed by atoms with Gasteiger partial charge >= 0.3 is 5.97 Å². The zero-order chi connectivity index (χ0) is 8.81. The van der Waals surface area contributed by atoms with Gasteiger partial charge in [-0.1, -0.05) is 18.2 Å². The predicted octanol–water partition coefficient (Wildman–Crippen LogP) is 1.81. The molecular weight excluding hydrogens is 159 g/mol. The minimum Gasteiger partial charge on any atom is -0.459 e. The maximum absolute atomic E-state index is 11.6. The Morgan fingerprint density at radius 1 is 1.33 bits per heavy atom. The van der Waals surface area contributed by atoms with Crippen LogP contribution < -0.4 is 0 Å². The number of carbonyl (C=O) groups is 1. The largest absolute Gasteiger partial charge is 0.459 e. The topological polar surface area (TPSA) is 26.3 Å². The molecule has 0 bridgehead atoms. The fourth-order valence-corrected chi connectivity index (χ4v) is 0.789. The third-order valence-electron chi connectivity index (χ3n) is 1.32. The van der Waals surface area contributed by atoms with Crippen molar-refractivity contribution in [3.63, 3.8) is 0 Å². The van der Waals surface area contributed by atoms with Crippen LogP contribution in [0.3, 0.4) is 0 Å². The van der Waals surface area contributed by atoms with Crippen LogP contribution in [0.25, 0.3) is 0 Å². The third kappa shape index (κ3) is 2.34. The Bertz CT molecular complexity index is 246. The number of alkyl halides is 1. The smallest absolute Gasteiger partial charge is 0.338 e. The van der Waals surface area contributed by atoms with Gasteiger partial charge in [0.25, 0.3) is 0 Å². The Kier molecular flexibility index (Phi) is 3.26. The van der Waals surface area contributed by atoms with E-state index in [1.807, 2.05) is 0 Å². The number of benzene rings is 1. The average Bonchev–Trinajstić information content (AvgIpc) is 2.15. The second kappa shape index (κ2) is 4.49. The highest BCUT2D eigenvalue weighted by atomic mass is 19.1. The highest BCUT2D eigenvalue weighted by Gasteiger charge is 2.03. The summed E-state index contributed by atoms with van der Waals surface area (Å²) in [5.41, 5.74) is 0.450. The number of hydrogen-bond acceptors (Lipinski definition) is 2. The number of rotatable bonds is 3. The summed E-state index contributed by atoms with van der Waals surface area (Å²) in [4.78, 5) is 11.0. The highest BCUT2D eigenvalue weighted by Crippen LogP contribution is 2.00. The lowest BCUT2D eigenvalue weighted by Gasteiger charge is -2.00. The van der Waals surface area contributed by atoms with Crippen LogP contribution in [0.1, 0.15) is 10.4 Å². The van der Waals surface area contributed by atoms with Gasteiger partial charge in [0.2, 0.25) is 0 Å². The molecule has 2 nitrogen and oxygen atoms in total. The summed E-state index contributed by atoms with van der Waals surface area (Å²) >= 11 is 0. The molecule has 0 spiro atoms. The van der Waals surface area contributed by atoms with Crippen LogP contribution in [-0.4, -0.2) is 19.3 Å². The maximum Gasteiger partial charge on any atom is 0.338 e. The average molecular weight is 168 g/mol. The summed E-state index contributed by atoms with van der Waals surface area (Å²) in [6.45, 7) is -0.813. The minimum atomic E-state index is -0.640. The van der Waals surface area contributed by atoms with Crippen molar-refractivity contribution in [2.75, 3.05) is 13.3 Å². The molecule has 0 atom stereocenters. The van der Waals surface area contributed by atoms with Crippen LogP contribution in [0.4, 0.5) is 4.39 Å². The van der Waals surface area contributed by atoms with Gasteiger partial charge in [0, 0.05) is 0 Å². The van der Waals surface area contributed by atoms with E-state index in [0.29, 0.717) is 5.56 Å². The lowest BCUT2D eigenvalue weighted by molar-refractivity contribution is 0.0481. The zero-order valence-corrected chi connectivity index (χ0v) is 6.50. The first kappa shape index (κ1) is 8.71. The van der Waals surface area contributed by atoms with Crippen LogP contribution >= 0.6 is 0 Å². The Morgan fingerprint density at radius 2 is 2.00 bits per heavy atom. The monoisotopic (exact) mass is 168 g/mol. The molecule has 0 aliphatic heterocycles. The Balaban J connectivity index is 2.54. The van der Waals surface area contributed by atoms with Gasteiger partial charge in [-0.15, -0.1) is 0 Å². The second-order valence-corrected chi connectivity index (χ2v) is 2.19. The molecule has 0 amide bonds. The van der Waals surface area contributed by atoms with Crippen molar-refractivity contribution >= 4 is 5.97 Å². The second-order valence-electron chi connectivity index (χ2n) is 2.19. The van der Waals surface area contributed by atoms with E-state index in [1.165, 1.54) is 0 Å². The first-order valence-corrected chi connectivity index (χ1v) is 3.62. The number of halogens is 1. The molecule has 0 aliphatic rings. The fourth-order valence-electron chi connectivity index (χ4n) is 0.789. The Hall–Kier alpha value is -1.38. The van der Waals surface area contributed by atoms with E-state index in [-0.39, 0.29) is 6.61 Å². The molecule has 0 radical (unpaired) electrons. The molecule has 0 unspecified atom stereocenters. The van der Waals surface area contributed by atoms with Crippen molar-refractivity contribution in [2.45, 2.75) is 0 Å². The van der Waals surface area contributed by atoms with Crippen LogP contribution in [0, 0.1) is 0 Å². The van der Waals surface area contributed by atoms with E-state index in [2.05, 4.69) is 4.74 Å². The maximum atomic E-state index is 11.6. The molecule has 12 heavy (non-hydrogen) atoms. The van der Waals surface area contributed by atoms with Crippen molar-refractivity contribution < 1.29 is 13.9 Å². The van der Waals surface area contributed by atoms with E-state index >= 15 is 0 Å². The number of ether oxygens (including phenoxy) is 1. The molecule has 0 saturated heterocycles. The normalized spacial score (nSPS) is 9.42. The van der Waals surface area contributed by atoms with Crippen LogP contribution in [0.5, 0.6) is 0 Å². The SMILES string of the molecule is O=C(OCCF)c1ccccc1. The third-order valence-corrected chi connectivity index (χ3v) is 1.32. The quantitative estimate of drug-likeness (QED) is 0.643. The fraction of sp³-hybridized carbons (Fsp3) is 0.222. The van der Waals surface area contributed by atoms with Gasteiger partial charge < -0.3 is 4.74 Å². The predicted molar refractivity (Wildman–Crippen MR) is 42.7 cm³/mol. The standard InChI is InChI=1S/C9H9FO2/c10-6-7-12-9(11)8-4-2-1-3-5-8/h1-5H,6-7H2. The zero-order valence-electron chi connectivity index (χ0n) is 6.50. The van der Waals surface area contributed by atoms with Crippen molar-refractivity contribution in [3.8, 4) is 0 Å². The highest BCUT2D eigenvalue weighted by molar-refractivity contribution is 5.89. The molecule has 1 rings (SSSR count). The van der Waals surface area contributed by atoms with Gasteiger partial charge in [-0.3, -0.25) is 0 Å². The van der Waals surface area contributed by atoms with Crippen LogP contribution in [-0.2, 0) is 4.74 Å². The summed E-state index contributed by atoms with van der Waals surface area (Å²) in [5.74, 6) is -0.478. The van der Waals surface area contributed by atoms with Crippen molar-refractivity contribution in [2.24, 2.45) is 0 Å². The number of esters is 1. The molecule has 0 N–H and O–H groups in total. The molecule has 64 valence electrons. The number of hydrogen-bond donors (Lipinski definition) is 0. The molecule has 3 heteroatoms. The van der Waals surface area contributed by atoms with Gasteiger partial charge in [-0.25, -0.2) is 9.18 Å². The van der Waals surface area contributed by atoms with Crippen LogP contribution in [0.15, 0.2) is 30.3 Å². The Morgan fingerprint density at radius 3 is 2.58 bits per heavy atom. The van der Waals surface area contributed by atoms with Gasteiger partial charge in [0.05, 0.1) is 5.56 Å². The van der Waals surface area contributed by atoms with Gasteiger partial charge in [-0.05, 0) is 12.1 Å². The molecule has 0 fully saturated rings. The molecule has 1 aromatic carbocycles. The minimum absolute atomic E-state index is 0.173. The number of carbonyl (C=O) groups excluding carboxylic acids is 1. The van der Waals surface area contributed by atoms with Gasteiger partial charge in [0.15, 0.2) is 0 Å². The summed E-state index contributed by atoms with van der Waals surface area (Å²) in [5, 5.41) is 0. The first-order chi connectivity index (χ1) is 5.84. The summed E-state index contributed by atoms with van der Waals surface area (Å²) in [7, 11) is 0. The van der Waals surface area contributed by atoms with Gasteiger partial charge in [0.1, 0.15) is 13.3 Å². The molecule has 1 aromatic rings. The first-order valence-electron chi connectivity index (χ1n) is 3.62. The lowest BCUT2D eigenvalue weighted by Crippen LogP contribution is -2.06. The van der Waals surface area contributed by atoms with E-state index in [9.17, 15) is 9.18 Å². The van der Waals surface area contributed by atoms with E-state index in [4.69, 9.17) is 0 Å². The molecule has 0 saturated carbocycles. The summed E-state index contributed by atoms with van der Waals surface area (Å²) in [6, 6.07) is 8.51. The molecule has 0 aliphatic carbocycles. The Labute approximate surface area is 70.0 Å². The van der Waals surface area contributed by atoms with E-state index in [1.54, 1.807) is 30.3 Å². The van der Waals surface area contributed by atoms with Gasteiger partial charge in [-0.2, -0.15) is 0 Å².